The van der Waals surface area contributed by atoms with Gasteiger partial charge in [-0.2, -0.15) is 0 Å². The zero-order chi connectivity index (χ0) is 17.2. The summed E-state index contributed by atoms with van der Waals surface area (Å²) in [7, 11) is -3.06. The molecule has 1 aliphatic heterocycles. The summed E-state index contributed by atoms with van der Waals surface area (Å²) in [6.07, 6.45) is 0.387. The number of rotatable bonds is 5. The zero-order valence-corrected chi connectivity index (χ0v) is 14.9. The molecule has 0 saturated carbocycles. The standard InChI is InChI=1S/C14H14N2O5S3/c17-12(15-9-3-5-24(19,20)8-9)6-21-14(18)10-7-23-13(16-10)11-2-1-4-22-11/h1-2,4,7,9H,3,5-6,8H2,(H,15,17)/t9-/m1/s1. The van der Waals surface area contributed by atoms with Crippen LogP contribution in [0.4, 0.5) is 0 Å². The highest BCUT2D eigenvalue weighted by atomic mass is 32.2. The number of amides is 1. The minimum Gasteiger partial charge on any atom is -0.451 e. The number of hydrogen-bond donors (Lipinski definition) is 1. The van der Waals surface area contributed by atoms with E-state index in [0.29, 0.717) is 6.42 Å². The van der Waals surface area contributed by atoms with Crippen LogP contribution in [-0.4, -0.2) is 49.4 Å². The predicted octanol–water partition coefficient (Wildman–Crippen LogP) is 1.33. The lowest BCUT2D eigenvalue weighted by atomic mass is 10.2. The number of thiazole rings is 1. The van der Waals surface area contributed by atoms with Gasteiger partial charge in [-0.1, -0.05) is 6.07 Å². The van der Waals surface area contributed by atoms with Gasteiger partial charge in [0, 0.05) is 11.4 Å². The number of carbonyl (C=O) groups is 2. The van der Waals surface area contributed by atoms with E-state index >= 15 is 0 Å². The molecule has 1 saturated heterocycles. The molecule has 2 aromatic heterocycles. The number of aromatic nitrogens is 1. The molecule has 10 heteroatoms. The lowest BCUT2D eigenvalue weighted by Crippen LogP contribution is -2.38. The highest BCUT2D eigenvalue weighted by molar-refractivity contribution is 7.91. The van der Waals surface area contributed by atoms with Crippen LogP contribution >= 0.6 is 22.7 Å². The van der Waals surface area contributed by atoms with E-state index in [9.17, 15) is 18.0 Å². The maximum atomic E-state index is 11.9. The second kappa shape index (κ2) is 6.99. The van der Waals surface area contributed by atoms with Gasteiger partial charge in [0.2, 0.25) is 0 Å². The molecule has 3 heterocycles. The lowest BCUT2D eigenvalue weighted by Gasteiger charge is -2.10. The van der Waals surface area contributed by atoms with Crippen molar-refractivity contribution >= 4 is 44.4 Å². The Kier molecular flexibility index (Phi) is 4.97. The number of carbonyl (C=O) groups excluding carboxylic acids is 2. The smallest absolute Gasteiger partial charge is 0.358 e. The summed E-state index contributed by atoms with van der Waals surface area (Å²) in [5.74, 6) is -1.19. The van der Waals surface area contributed by atoms with E-state index in [1.807, 2.05) is 17.5 Å². The van der Waals surface area contributed by atoms with Gasteiger partial charge in [-0.05, 0) is 17.9 Å². The first-order valence-electron chi connectivity index (χ1n) is 7.09. The molecule has 7 nitrogen and oxygen atoms in total. The third-order valence-corrected chi connectivity index (χ3v) is 7.03. The van der Waals surface area contributed by atoms with Gasteiger partial charge in [-0.15, -0.1) is 22.7 Å². The van der Waals surface area contributed by atoms with Crippen molar-refractivity contribution in [1.29, 1.82) is 0 Å². The molecule has 0 unspecified atom stereocenters. The van der Waals surface area contributed by atoms with Crippen LogP contribution in [0, 0.1) is 0 Å². The van der Waals surface area contributed by atoms with Crippen LogP contribution in [0.2, 0.25) is 0 Å². The molecule has 2 aromatic rings. The number of thiophene rings is 1. The summed E-state index contributed by atoms with van der Waals surface area (Å²) in [4.78, 5) is 28.8. The monoisotopic (exact) mass is 386 g/mol. The Labute approximate surface area is 146 Å². The second-order valence-corrected chi connectivity index (χ2v) is 9.29. The SMILES string of the molecule is O=C(COC(=O)c1csc(-c2cccs2)n1)N[C@@H]1CCS(=O)(=O)C1. The highest BCUT2D eigenvalue weighted by Gasteiger charge is 2.29. The summed E-state index contributed by atoms with van der Waals surface area (Å²) in [6, 6.07) is 3.39. The van der Waals surface area contributed by atoms with Crippen molar-refractivity contribution < 1.29 is 22.7 Å². The fourth-order valence-corrected chi connectivity index (χ4v) is 5.54. The summed E-state index contributed by atoms with van der Waals surface area (Å²) in [5.41, 5.74) is 0.152. The van der Waals surface area contributed by atoms with Crippen molar-refractivity contribution in [2.45, 2.75) is 12.5 Å². The minimum atomic E-state index is -3.06. The molecule has 0 radical (unpaired) electrons. The Morgan fingerprint density at radius 2 is 2.21 bits per heavy atom. The normalized spacial score (nSPS) is 19.1. The highest BCUT2D eigenvalue weighted by Crippen LogP contribution is 2.27. The molecule has 0 aromatic carbocycles. The van der Waals surface area contributed by atoms with Crippen LogP contribution in [0.15, 0.2) is 22.9 Å². The third kappa shape index (κ3) is 4.19. The van der Waals surface area contributed by atoms with Crippen LogP contribution in [-0.2, 0) is 19.4 Å². The van der Waals surface area contributed by atoms with E-state index in [-0.39, 0.29) is 17.2 Å². The third-order valence-electron chi connectivity index (χ3n) is 3.38. The van der Waals surface area contributed by atoms with Crippen molar-refractivity contribution in [2.24, 2.45) is 0 Å². The number of hydrogen-bond acceptors (Lipinski definition) is 8. The molecule has 128 valence electrons. The van der Waals surface area contributed by atoms with Crippen molar-refractivity contribution in [3.63, 3.8) is 0 Å². The minimum absolute atomic E-state index is 0.0665. The van der Waals surface area contributed by atoms with Gasteiger partial charge in [-0.3, -0.25) is 4.79 Å². The fraction of sp³-hybridized carbons (Fsp3) is 0.357. The molecule has 0 aliphatic carbocycles. The Balaban J connectivity index is 1.50. The summed E-state index contributed by atoms with van der Waals surface area (Å²) >= 11 is 2.85. The molecule has 24 heavy (non-hydrogen) atoms. The van der Waals surface area contributed by atoms with E-state index in [0.717, 1.165) is 9.88 Å². The molecular formula is C14H14N2O5S3. The van der Waals surface area contributed by atoms with E-state index in [4.69, 9.17) is 4.74 Å². The number of ether oxygens (including phenoxy) is 1. The van der Waals surface area contributed by atoms with Gasteiger partial charge in [-0.25, -0.2) is 18.2 Å². The van der Waals surface area contributed by atoms with E-state index in [2.05, 4.69) is 10.3 Å². The molecule has 0 spiro atoms. The van der Waals surface area contributed by atoms with Crippen LogP contribution in [0.3, 0.4) is 0 Å². The number of sulfone groups is 1. The molecule has 3 rings (SSSR count). The molecule has 1 N–H and O–H groups in total. The Hall–Kier alpha value is -1.78. The van der Waals surface area contributed by atoms with Gasteiger partial charge in [0.05, 0.1) is 16.4 Å². The average Bonchev–Trinajstić information content (AvgIpc) is 3.24. The van der Waals surface area contributed by atoms with Crippen molar-refractivity contribution in [1.82, 2.24) is 10.3 Å². The molecule has 1 fully saturated rings. The summed E-state index contributed by atoms with van der Waals surface area (Å²) in [6.45, 7) is -0.457. The molecule has 1 aliphatic rings. The summed E-state index contributed by atoms with van der Waals surface area (Å²) in [5, 5.41) is 6.78. The zero-order valence-electron chi connectivity index (χ0n) is 12.4. The average molecular weight is 386 g/mol. The van der Waals surface area contributed by atoms with E-state index < -0.39 is 34.4 Å². The Morgan fingerprint density at radius 3 is 2.88 bits per heavy atom. The van der Waals surface area contributed by atoms with Gasteiger partial charge >= 0.3 is 5.97 Å². The number of nitrogens with one attached hydrogen (secondary N) is 1. The maximum Gasteiger partial charge on any atom is 0.358 e. The van der Waals surface area contributed by atoms with Crippen LogP contribution in [0.25, 0.3) is 9.88 Å². The fourth-order valence-electron chi connectivity index (χ4n) is 2.26. The topological polar surface area (TPSA) is 102 Å². The van der Waals surface area contributed by atoms with Crippen LogP contribution < -0.4 is 5.32 Å². The number of nitrogens with zero attached hydrogens (tertiary/aromatic N) is 1. The van der Waals surface area contributed by atoms with E-state index in [1.54, 1.807) is 5.38 Å². The van der Waals surface area contributed by atoms with E-state index in [1.165, 1.54) is 22.7 Å². The first-order chi connectivity index (χ1) is 11.4. The molecule has 1 atom stereocenters. The Morgan fingerprint density at radius 1 is 1.38 bits per heavy atom. The van der Waals surface area contributed by atoms with Gasteiger partial charge in [0.25, 0.3) is 5.91 Å². The number of esters is 1. The Bertz CT molecular complexity index is 842. The van der Waals surface area contributed by atoms with Gasteiger partial charge in [0.1, 0.15) is 5.01 Å². The van der Waals surface area contributed by atoms with Crippen molar-refractivity contribution in [2.75, 3.05) is 18.1 Å². The van der Waals surface area contributed by atoms with Crippen LogP contribution in [0.5, 0.6) is 0 Å². The van der Waals surface area contributed by atoms with Crippen molar-refractivity contribution in [3.8, 4) is 9.88 Å². The quantitative estimate of drug-likeness (QED) is 0.778. The van der Waals surface area contributed by atoms with Crippen molar-refractivity contribution in [3.05, 3.63) is 28.6 Å². The molecular weight excluding hydrogens is 372 g/mol. The predicted molar refractivity (Wildman–Crippen MR) is 90.9 cm³/mol. The van der Waals surface area contributed by atoms with Gasteiger partial charge < -0.3 is 10.1 Å². The van der Waals surface area contributed by atoms with Crippen LogP contribution in [0.1, 0.15) is 16.9 Å². The second-order valence-electron chi connectivity index (χ2n) is 5.26. The first-order valence-corrected chi connectivity index (χ1v) is 10.7. The first kappa shape index (κ1) is 17.1. The lowest BCUT2D eigenvalue weighted by molar-refractivity contribution is -0.124. The largest absolute Gasteiger partial charge is 0.451 e. The van der Waals surface area contributed by atoms with Gasteiger partial charge in [0.15, 0.2) is 22.1 Å². The molecule has 1 amide bonds. The summed E-state index contributed by atoms with van der Waals surface area (Å²) < 4.78 is 27.6. The molecule has 0 bridgehead atoms. The maximum absolute atomic E-state index is 11.9.